The molecule has 1 aliphatic heterocycles. The van der Waals surface area contributed by atoms with Crippen LogP contribution in [0.1, 0.15) is 34.3 Å². The number of nitrogens with one attached hydrogen (secondary N) is 1. The quantitative estimate of drug-likeness (QED) is 0.874. The number of urea groups is 1. The van der Waals surface area contributed by atoms with Gasteiger partial charge in [-0.2, -0.15) is 5.26 Å². The molecule has 0 radical (unpaired) electrons. The van der Waals surface area contributed by atoms with Gasteiger partial charge in [0.05, 0.1) is 11.6 Å². The van der Waals surface area contributed by atoms with E-state index in [1.807, 2.05) is 17.0 Å². The van der Waals surface area contributed by atoms with Crippen molar-refractivity contribution in [3.63, 3.8) is 0 Å². The lowest BCUT2D eigenvalue weighted by Crippen LogP contribution is -2.41. The standard InChI is InChI=1S/C21H22N4O2/c22-14-17-2-1-3-19(13-17)24-21(27)25-10-8-16(9-11-25)12-15-4-6-18(7-5-15)20(23)26/h1-7,13,16H,8-12H2,(H2,23,26)(H,24,27). The van der Waals surface area contributed by atoms with Gasteiger partial charge >= 0.3 is 6.03 Å². The van der Waals surface area contributed by atoms with Crippen molar-refractivity contribution in [2.24, 2.45) is 11.7 Å². The summed E-state index contributed by atoms with van der Waals surface area (Å²) in [7, 11) is 0. The van der Waals surface area contributed by atoms with Crippen molar-refractivity contribution in [2.75, 3.05) is 18.4 Å². The molecule has 3 amide bonds. The maximum atomic E-state index is 12.4. The van der Waals surface area contributed by atoms with Crippen molar-refractivity contribution in [3.8, 4) is 6.07 Å². The fourth-order valence-corrected chi connectivity index (χ4v) is 3.35. The van der Waals surface area contributed by atoms with Crippen LogP contribution in [0.15, 0.2) is 48.5 Å². The van der Waals surface area contributed by atoms with E-state index in [9.17, 15) is 9.59 Å². The summed E-state index contributed by atoms with van der Waals surface area (Å²) in [6.07, 6.45) is 2.80. The molecule has 27 heavy (non-hydrogen) atoms. The number of hydrogen-bond acceptors (Lipinski definition) is 3. The van der Waals surface area contributed by atoms with E-state index in [-0.39, 0.29) is 6.03 Å². The molecule has 1 aliphatic rings. The highest BCUT2D eigenvalue weighted by Gasteiger charge is 2.23. The van der Waals surface area contributed by atoms with Crippen LogP contribution in [0.25, 0.3) is 0 Å². The molecule has 1 heterocycles. The maximum absolute atomic E-state index is 12.4. The van der Waals surface area contributed by atoms with Crippen molar-refractivity contribution >= 4 is 17.6 Å². The molecule has 0 unspecified atom stereocenters. The van der Waals surface area contributed by atoms with Crippen LogP contribution in [0.2, 0.25) is 0 Å². The number of likely N-dealkylation sites (tertiary alicyclic amines) is 1. The molecule has 2 aromatic carbocycles. The topological polar surface area (TPSA) is 99.2 Å². The number of amides is 3. The molecule has 6 nitrogen and oxygen atoms in total. The Morgan fingerprint density at radius 1 is 1.15 bits per heavy atom. The van der Waals surface area contributed by atoms with Crippen LogP contribution in [0.3, 0.4) is 0 Å². The first-order valence-corrected chi connectivity index (χ1v) is 9.00. The first-order valence-electron chi connectivity index (χ1n) is 9.00. The number of nitriles is 1. The van der Waals surface area contributed by atoms with E-state index >= 15 is 0 Å². The summed E-state index contributed by atoms with van der Waals surface area (Å²) in [6.45, 7) is 1.40. The van der Waals surface area contributed by atoms with E-state index in [1.165, 1.54) is 5.56 Å². The minimum Gasteiger partial charge on any atom is -0.366 e. The minimum atomic E-state index is -0.416. The molecular weight excluding hydrogens is 340 g/mol. The maximum Gasteiger partial charge on any atom is 0.321 e. The van der Waals surface area contributed by atoms with Crippen LogP contribution in [0, 0.1) is 17.2 Å². The molecule has 138 valence electrons. The number of piperidine rings is 1. The average molecular weight is 362 g/mol. The summed E-state index contributed by atoms with van der Waals surface area (Å²) in [5.74, 6) is 0.0940. The van der Waals surface area contributed by atoms with Gasteiger partial charge in [-0.3, -0.25) is 4.79 Å². The fourth-order valence-electron chi connectivity index (χ4n) is 3.35. The first kappa shape index (κ1) is 18.5. The predicted octanol–water partition coefficient (Wildman–Crippen LogP) is 3.14. The number of benzene rings is 2. The summed E-state index contributed by atoms with van der Waals surface area (Å²) >= 11 is 0. The number of hydrogen-bond donors (Lipinski definition) is 2. The SMILES string of the molecule is N#Cc1cccc(NC(=O)N2CCC(Cc3ccc(C(N)=O)cc3)CC2)c1. The Bertz CT molecular complexity index is 862. The van der Waals surface area contributed by atoms with E-state index in [4.69, 9.17) is 11.0 Å². The molecule has 1 fully saturated rings. The normalized spacial score (nSPS) is 14.4. The molecule has 0 bridgehead atoms. The lowest BCUT2D eigenvalue weighted by molar-refractivity contribution is 0.1000. The molecule has 0 atom stereocenters. The third-order valence-electron chi connectivity index (χ3n) is 4.91. The van der Waals surface area contributed by atoms with Crippen molar-refractivity contribution in [2.45, 2.75) is 19.3 Å². The van der Waals surface area contributed by atoms with Crippen LogP contribution in [0.5, 0.6) is 0 Å². The Hall–Kier alpha value is -3.33. The summed E-state index contributed by atoms with van der Waals surface area (Å²) in [4.78, 5) is 25.4. The minimum absolute atomic E-state index is 0.130. The van der Waals surface area contributed by atoms with E-state index in [1.54, 1.807) is 36.4 Å². The largest absolute Gasteiger partial charge is 0.366 e. The second kappa shape index (κ2) is 8.37. The lowest BCUT2D eigenvalue weighted by Gasteiger charge is -2.32. The van der Waals surface area contributed by atoms with Crippen molar-refractivity contribution < 1.29 is 9.59 Å². The Kier molecular flexibility index (Phi) is 5.72. The second-order valence-electron chi connectivity index (χ2n) is 6.82. The van der Waals surface area contributed by atoms with Gasteiger partial charge in [0.25, 0.3) is 0 Å². The highest BCUT2D eigenvalue weighted by molar-refractivity contribution is 5.92. The van der Waals surface area contributed by atoms with Gasteiger partial charge in [0.1, 0.15) is 0 Å². The van der Waals surface area contributed by atoms with E-state index in [0.29, 0.717) is 35.8 Å². The van der Waals surface area contributed by atoms with E-state index in [0.717, 1.165) is 19.3 Å². The van der Waals surface area contributed by atoms with Crippen molar-refractivity contribution in [3.05, 3.63) is 65.2 Å². The Morgan fingerprint density at radius 3 is 2.48 bits per heavy atom. The zero-order valence-corrected chi connectivity index (χ0v) is 15.0. The summed E-state index contributed by atoms with van der Waals surface area (Å²) < 4.78 is 0. The molecule has 0 aliphatic carbocycles. The fraction of sp³-hybridized carbons (Fsp3) is 0.286. The van der Waals surface area contributed by atoms with E-state index < -0.39 is 5.91 Å². The number of carbonyl (C=O) groups is 2. The second-order valence-corrected chi connectivity index (χ2v) is 6.82. The van der Waals surface area contributed by atoms with Crippen LogP contribution in [-0.4, -0.2) is 29.9 Å². The summed E-state index contributed by atoms with van der Waals surface area (Å²) in [5, 5.41) is 11.8. The van der Waals surface area contributed by atoms with E-state index in [2.05, 4.69) is 11.4 Å². The zero-order chi connectivity index (χ0) is 19.2. The molecule has 6 heteroatoms. The highest BCUT2D eigenvalue weighted by atomic mass is 16.2. The molecule has 2 aromatic rings. The van der Waals surface area contributed by atoms with Crippen molar-refractivity contribution in [1.82, 2.24) is 4.90 Å². The first-order chi connectivity index (χ1) is 13.0. The molecule has 3 N–H and O–H groups in total. The monoisotopic (exact) mass is 362 g/mol. The number of primary amides is 1. The molecule has 3 rings (SSSR count). The number of nitrogens with two attached hydrogens (primary N) is 1. The van der Waals surface area contributed by atoms with Gasteiger partial charge in [0.15, 0.2) is 0 Å². The number of nitrogens with zero attached hydrogens (tertiary/aromatic N) is 2. The molecule has 0 aromatic heterocycles. The Balaban J connectivity index is 1.50. The average Bonchev–Trinajstić information content (AvgIpc) is 2.69. The van der Waals surface area contributed by atoms with Crippen LogP contribution in [0.4, 0.5) is 10.5 Å². The smallest absolute Gasteiger partial charge is 0.321 e. The number of anilines is 1. The van der Waals surface area contributed by atoms with Gasteiger partial charge in [-0.05, 0) is 61.1 Å². The van der Waals surface area contributed by atoms with Gasteiger partial charge in [0.2, 0.25) is 5.91 Å². The lowest BCUT2D eigenvalue weighted by atomic mass is 9.90. The van der Waals surface area contributed by atoms with Gasteiger partial charge in [-0.25, -0.2) is 4.79 Å². The zero-order valence-electron chi connectivity index (χ0n) is 15.0. The van der Waals surface area contributed by atoms with Crippen LogP contribution < -0.4 is 11.1 Å². The number of rotatable bonds is 4. The Morgan fingerprint density at radius 2 is 1.85 bits per heavy atom. The van der Waals surface area contributed by atoms with Crippen molar-refractivity contribution in [1.29, 1.82) is 5.26 Å². The molecule has 0 saturated carbocycles. The van der Waals surface area contributed by atoms with Gasteiger partial charge in [-0.15, -0.1) is 0 Å². The van der Waals surface area contributed by atoms with Gasteiger partial charge in [-0.1, -0.05) is 18.2 Å². The summed E-state index contributed by atoms with van der Waals surface area (Å²) in [5.41, 5.74) is 8.12. The number of carbonyl (C=O) groups excluding carboxylic acids is 2. The Labute approximate surface area is 158 Å². The molecular formula is C21H22N4O2. The van der Waals surface area contributed by atoms with Gasteiger partial charge in [0, 0.05) is 24.3 Å². The summed E-state index contributed by atoms with van der Waals surface area (Å²) in [6, 6.07) is 16.3. The van der Waals surface area contributed by atoms with Crippen LogP contribution >= 0.6 is 0 Å². The van der Waals surface area contributed by atoms with Crippen LogP contribution in [-0.2, 0) is 6.42 Å². The third-order valence-corrected chi connectivity index (χ3v) is 4.91. The highest BCUT2D eigenvalue weighted by Crippen LogP contribution is 2.22. The third kappa shape index (κ3) is 4.85. The predicted molar refractivity (Wildman–Crippen MR) is 103 cm³/mol. The molecule has 0 spiro atoms. The molecule has 1 saturated heterocycles. The van der Waals surface area contributed by atoms with Gasteiger partial charge < -0.3 is 16.0 Å².